The molecule has 0 unspecified atom stereocenters. The van der Waals surface area contributed by atoms with E-state index in [1.165, 1.54) is 7.11 Å². The summed E-state index contributed by atoms with van der Waals surface area (Å²) in [6.45, 7) is 0. The molecule has 2 rings (SSSR count). The molecule has 0 saturated carbocycles. The normalized spacial score (nSPS) is 10.7. The standard InChI is InChI=1S/C14H13NO3/c1-18-14-8-10(2-7-13(14)17)9-15-11-3-5-12(16)6-4-11/h2-9,16-17H,1H3. The molecule has 0 aliphatic heterocycles. The van der Waals surface area contributed by atoms with Gasteiger partial charge in [-0.25, -0.2) is 0 Å². The molecule has 0 heterocycles. The molecule has 0 saturated heterocycles. The molecular formula is C14H13NO3. The monoisotopic (exact) mass is 243 g/mol. The van der Waals surface area contributed by atoms with Crippen molar-refractivity contribution in [2.45, 2.75) is 0 Å². The number of aromatic hydroxyl groups is 2. The third-order valence-corrected chi connectivity index (χ3v) is 2.42. The summed E-state index contributed by atoms with van der Waals surface area (Å²) in [5.41, 5.74) is 1.55. The van der Waals surface area contributed by atoms with Gasteiger partial charge < -0.3 is 14.9 Å². The van der Waals surface area contributed by atoms with Crippen molar-refractivity contribution in [3.63, 3.8) is 0 Å². The Hall–Kier alpha value is -2.49. The number of methoxy groups -OCH3 is 1. The van der Waals surface area contributed by atoms with Gasteiger partial charge in [-0.2, -0.15) is 0 Å². The lowest BCUT2D eigenvalue weighted by molar-refractivity contribution is 0.373. The highest BCUT2D eigenvalue weighted by molar-refractivity contribution is 5.83. The zero-order valence-electron chi connectivity index (χ0n) is 9.87. The fourth-order valence-corrected chi connectivity index (χ4v) is 1.46. The van der Waals surface area contributed by atoms with Crippen molar-refractivity contribution in [1.29, 1.82) is 0 Å². The Morgan fingerprint density at radius 2 is 1.78 bits per heavy atom. The lowest BCUT2D eigenvalue weighted by Gasteiger charge is -2.03. The molecule has 18 heavy (non-hydrogen) atoms. The van der Waals surface area contributed by atoms with Crippen LogP contribution < -0.4 is 4.74 Å². The van der Waals surface area contributed by atoms with E-state index in [-0.39, 0.29) is 11.5 Å². The second-order valence-corrected chi connectivity index (χ2v) is 3.71. The first-order chi connectivity index (χ1) is 8.69. The molecule has 0 amide bonds. The van der Waals surface area contributed by atoms with E-state index in [4.69, 9.17) is 9.84 Å². The van der Waals surface area contributed by atoms with Gasteiger partial charge in [0.1, 0.15) is 5.75 Å². The van der Waals surface area contributed by atoms with Gasteiger partial charge in [0, 0.05) is 6.21 Å². The average molecular weight is 243 g/mol. The van der Waals surface area contributed by atoms with E-state index in [0.29, 0.717) is 5.75 Å². The molecule has 2 aromatic rings. The summed E-state index contributed by atoms with van der Waals surface area (Å²) in [6.07, 6.45) is 1.66. The van der Waals surface area contributed by atoms with E-state index >= 15 is 0 Å². The van der Waals surface area contributed by atoms with E-state index in [9.17, 15) is 5.11 Å². The minimum Gasteiger partial charge on any atom is -0.508 e. The maximum atomic E-state index is 9.45. The minimum absolute atomic E-state index is 0.0966. The Balaban J connectivity index is 2.20. The summed E-state index contributed by atoms with van der Waals surface area (Å²) in [5, 5.41) is 18.6. The van der Waals surface area contributed by atoms with Crippen LogP contribution in [-0.2, 0) is 0 Å². The highest BCUT2D eigenvalue weighted by Crippen LogP contribution is 2.26. The van der Waals surface area contributed by atoms with Crippen molar-refractivity contribution in [2.24, 2.45) is 4.99 Å². The van der Waals surface area contributed by atoms with Crippen LogP contribution in [-0.4, -0.2) is 23.5 Å². The van der Waals surface area contributed by atoms with Crippen LogP contribution in [0.3, 0.4) is 0 Å². The molecule has 0 atom stereocenters. The number of rotatable bonds is 3. The SMILES string of the molecule is COc1cc(C=Nc2ccc(O)cc2)ccc1O. The summed E-state index contributed by atoms with van der Waals surface area (Å²) in [4.78, 5) is 4.25. The number of phenols is 2. The fourth-order valence-electron chi connectivity index (χ4n) is 1.46. The molecule has 0 radical (unpaired) electrons. The van der Waals surface area contributed by atoms with E-state index in [1.807, 2.05) is 0 Å². The Morgan fingerprint density at radius 3 is 2.44 bits per heavy atom. The number of hydrogen-bond donors (Lipinski definition) is 2. The van der Waals surface area contributed by atoms with Crippen molar-refractivity contribution >= 4 is 11.9 Å². The number of phenolic OH excluding ortho intramolecular Hbond substituents is 2. The first kappa shape index (κ1) is 12.0. The molecular weight excluding hydrogens is 230 g/mol. The molecule has 0 fully saturated rings. The predicted molar refractivity (Wildman–Crippen MR) is 70.0 cm³/mol. The molecule has 4 nitrogen and oxygen atoms in total. The number of ether oxygens (including phenoxy) is 1. The molecule has 0 aliphatic rings. The van der Waals surface area contributed by atoms with Gasteiger partial charge in [0.25, 0.3) is 0 Å². The fraction of sp³-hybridized carbons (Fsp3) is 0.0714. The third-order valence-electron chi connectivity index (χ3n) is 2.42. The number of nitrogens with zero attached hydrogens (tertiary/aromatic N) is 1. The Labute approximate surface area is 105 Å². The second kappa shape index (κ2) is 5.23. The van der Waals surface area contributed by atoms with Gasteiger partial charge in [-0.15, -0.1) is 0 Å². The largest absolute Gasteiger partial charge is 0.508 e. The smallest absolute Gasteiger partial charge is 0.161 e. The van der Waals surface area contributed by atoms with E-state index in [0.717, 1.165) is 11.3 Å². The van der Waals surface area contributed by atoms with Gasteiger partial charge in [-0.1, -0.05) is 0 Å². The van der Waals surface area contributed by atoms with E-state index < -0.39 is 0 Å². The van der Waals surface area contributed by atoms with E-state index in [2.05, 4.69) is 4.99 Å². The quantitative estimate of drug-likeness (QED) is 0.815. The zero-order chi connectivity index (χ0) is 13.0. The van der Waals surface area contributed by atoms with Crippen molar-refractivity contribution in [3.8, 4) is 17.2 Å². The van der Waals surface area contributed by atoms with Crippen LogP contribution in [0.1, 0.15) is 5.56 Å². The van der Waals surface area contributed by atoms with Gasteiger partial charge in [0.05, 0.1) is 12.8 Å². The van der Waals surface area contributed by atoms with Gasteiger partial charge in [0.15, 0.2) is 11.5 Å². The summed E-state index contributed by atoms with van der Waals surface area (Å²) >= 11 is 0. The van der Waals surface area contributed by atoms with Crippen LogP contribution in [0.25, 0.3) is 0 Å². The first-order valence-corrected chi connectivity index (χ1v) is 5.39. The van der Waals surface area contributed by atoms with Crippen molar-refractivity contribution in [3.05, 3.63) is 48.0 Å². The maximum Gasteiger partial charge on any atom is 0.161 e. The summed E-state index contributed by atoms with van der Waals surface area (Å²) in [5.74, 6) is 0.712. The summed E-state index contributed by atoms with van der Waals surface area (Å²) < 4.78 is 5.01. The Morgan fingerprint density at radius 1 is 1.06 bits per heavy atom. The number of hydrogen-bond acceptors (Lipinski definition) is 4. The van der Waals surface area contributed by atoms with Crippen LogP contribution in [0.15, 0.2) is 47.5 Å². The summed E-state index contributed by atoms with van der Waals surface area (Å²) in [7, 11) is 1.50. The molecule has 0 aliphatic carbocycles. The molecule has 0 spiro atoms. The summed E-state index contributed by atoms with van der Waals surface area (Å²) in [6, 6.07) is 11.6. The molecule has 0 aromatic heterocycles. The topological polar surface area (TPSA) is 62.0 Å². The highest BCUT2D eigenvalue weighted by atomic mass is 16.5. The average Bonchev–Trinajstić information content (AvgIpc) is 2.39. The molecule has 0 bridgehead atoms. The Bertz CT molecular complexity index is 562. The van der Waals surface area contributed by atoms with Gasteiger partial charge >= 0.3 is 0 Å². The van der Waals surface area contributed by atoms with Gasteiger partial charge in [-0.3, -0.25) is 4.99 Å². The van der Waals surface area contributed by atoms with Crippen LogP contribution in [0.4, 0.5) is 5.69 Å². The Kier molecular flexibility index (Phi) is 3.48. The number of aliphatic imine (C=N–C) groups is 1. The molecule has 92 valence electrons. The lowest BCUT2D eigenvalue weighted by atomic mass is 10.2. The van der Waals surface area contributed by atoms with Crippen molar-refractivity contribution < 1.29 is 14.9 Å². The maximum absolute atomic E-state index is 9.45. The van der Waals surface area contributed by atoms with Gasteiger partial charge in [0.2, 0.25) is 0 Å². The van der Waals surface area contributed by atoms with Crippen molar-refractivity contribution in [1.82, 2.24) is 0 Å². The minimum atomic E-state index is 0.0966. The third kappa shape index (κ3) is 2.79. The van der Waals surface area contributed by atoms with E-state index in [1.54, 1.807) is 48.7 Å². The molecule has 2 aromatic carbocycles. The van der Waals surface area contributed by atoms with Crippen LogP contribution in [0, 0.1) is 0 Å². The molecule has 2 N–H and O–H groups in total. The zero-order valence-corrected chi connectivity index (χ0v) is 9.87. The molecule has 4 heteroatoms. The predicted octanol–water partition coefficient (Wildman–Crippen LogP) is 2.86. The van der Waals surface area contributed by atoms with Crippen LogP contribution >= 0.6 is 0 Å². The lowest BCUT2D eigenvalue weighted by Crippen LogP contribution is -1.86. The second-order valence-electron chi connectivity index (χ2n) is 3.71. The number of benzene rings is 2. The van der Waals surface area contributed by atoms with Crippen LogP contribution in [0.2, 0.25) is 0 Å². The van der Waals surface area contributed by atoms with Crippen molar-refractivity contribution in [2.75, 3.05) is 7.11 Å². The first-order valence-electron chi connectivity index (χ1n) is 5.39. The van der Waals surface area contributed by atoms with Crippen LogP contribution in [0.5, 0.6) is 17.2 Å². The van der Waals surface area contributed by atoms with Gasteiger partial charge in [-0.05, 0) is 48.0 Å². The highest BCUT2D eigenvalue weighted by Gasteiger charge is 2.00.